The van der Waals surface area contributed by atoms with Crippen LogP contribution in [0, 0.1) is 0 Å². The molecule has 1 aromatic heterocycles. The number of aryl methyl sites for hydroxylation is 1. The molecule has 0 atom stereocenters. The fourth-order valence-corrected chi connectivity index (χ4v) is 1.71. The van der Waals surface area contributed by atoms with Crippen molar-refractivity contribution in [1.29, 1.82) is 0 Å². The molecule has 0 unspecified atom stereocenters. The first kappa shape index (κ1) is 15.0. The molecule has 0 spiro atoms. The second kappa shape index (κ2) is 9.95. The Bertz CT molecular complexity index is 299. The lowest BCUT2D eigenvalue weighted by molar-refractivity contribution is 0.131. The summed E-state index contributed by atoms with van der Waals surface area (Å²) >= 11 is 0. The van der Waals surface area contributed by atoms with Gasteiger partial charge >= 0.3 is 0 Å². The lowest BCUT2D eigenvalue weighted by Gasteiger charge is -2.09. The second-order valence-corrected chi connectivity index (χ2v) is 4.54. The Kier molecular flexibility index (Phi) is 8.30. The van der Waals surface area contributed by atoms with Gasteiger partial charge in [0, 0.05) is 38.7 Å². The molecule has 0 saturated heterocycles. The third kappa shape index (κ3) is 6.05. The monoisotopic (exact) mass is 253 g/mol. The van der Waals surface area contributed by atoms with Crippen molar-refractivity contribution in [1.82, 2.24) is 9.55 Å². The first-order valence-corrected chi connectivity index (χ1v) is 7.21. The molecule has 4 nitrogen and oxygen atoms in total. The molecule has 1 N–H and O–H groups in total. The number of imidazole rings is 1. The summed E-state index contributed by atoms with van der Waals surface area (Å²) < 4.78 is 7.70. The fraction of sp³-hybridized carbons (Fsp3) is 0.786. The van der Waals surface area contributed by atoms with Crippen LogP contribution < -0.4 is 5.32 Å². The highest BCUT2D eigenvalue weighted by Crippen LogP contribution is 2.06. The van der Waals surface area contributed by atoms with Crippen LogP contribution in [-0.2, 0) is 11.3 Å². The van der Waals surface area contributed by atoms with Crippen LogP contribution >= 0.6 is 0 Å². The van der Waals surface area contributed by atoms with Crippen molar-refractivity contribution in [3.05, 3.63) is 12.4 Å². The molecule has 0 radical (unpaired) electrons. The van der Waals surface area contributed by atoms with Gasteiger partial charge in [-0.1, -0.05) is 26.7 Å². The van der Waals surface area contributed by atoms with Crippen LogP contribution in [0.15, 0.2) is 12.4 Å². The Balaban J connectivity index is 2.09. The van der Waals surface area contributed by atoms with E-state index in [1.807, 2.05) is 12.4 Å². The highest BCUT2D eigenvalue weighted by Gasteiger charge is 2.00. The molecule has 0 bridgehead atoms. The van der Waals surface area contributed by atoms with Crippen molar-refractivity contribution in [3.63, 3.8) is 0 Å². The first-order chi connectivity index (χ1) is 8.88. The molecule has 1 aromatic rings. The predicted molar refractivity (Wildman–Crippen MR) is 76.0 cm³/mol. The number of unbranched alkanes of at least 4 members (excludes halogenated alkanes) is 2. The first-order valence-electron chi connectivity index (χ1n) is 7.21. The summed E-state index contributed by atoms with van der Waals surface area (Å²) in [5, 5.41) is 3.36. The largest absolute Gasteiger partial charge is 0.381 e. The smallest absolute Gasteiger partial charge is 0.202 e. The molecule has 1 rings (SSSR count). The third-order valence-corrected chi connectivity index (χ3v) is 2.86. The number of nitrogens with one attached hydrogen (secondary N) is 1. The molecule has 4 heteroatoms. The molecular formula is C14H27N3O. The topological polar surface area (TPSA) is 39.1 Å². The highest BCUT2D eigenvalue weighted by atomic mass is 16.5. The number of hydrogen-bond acceptors (Lipinski definition) is 3. The van der Waals surface area contributed by atoms with Crippen LogP contribution in [-0.4, -0.2) is 29.3 Å². The Morgan fingerprint density at radius 3 is 2.72 bits per heavy atom. The van der Waals surface area contributed by atoms with Gasteiger partial charge in [0.15, 0.2) is 0 Å². The molecule has 0 aliphatic rings. The summed E-state index contributed by atoms with van der Waals surface area (Å²) in [5.74, 6) is 0.983. The maximum atomic E-state index is 5.52. The Morgan fingerprint density at radius 1 is 1.17 bits per heavy atom. The van der Waals surface area contributed by atoms with Crippen molar-refractivity contribution >= 4 is 5.95 Å². The molecule has 0 fully saturated rings. The number of nitrogens with zero attached hydrogens (tertiary/aromatic N) is 2. The van der Waals surface area contributed by atoms with Gasteiger partial charge in [-0.2, -0.15) is 0 Å². The summed E-state index contributed by atoms with van der Waals surface area (Å²) in [6, 6.07) is 0. The van der Waals surface area contributed by atoms with E-state index < -0.39 is 0 Å². The minimum atomic E-state index is 0.836. The number of anilines is 1. The van der Waals surface area contributed by atoms with E-state index in [9.17, 15) is 0 Å². The van der Waals surface area contributed by atoms with E-state index in [-0.39, 0.29) is 0 Å². The van der Waals surface area contributed by atoms with Crippen molar-refractivity contribution in [2.45, 2.75) is 52.5 Å². The number of rotatable bonds is 11. The molecule has 0 aliphatic carbocycles. The quantitative estimate of drug-likeness (QED) is 0.615. The van der Waals surface area contributed by atoms with Gasteiger partial charge in [-0.05, 0) is 19.3 Å². The average molecular weight is 253 g/mol. The standard InChI is InChI=1S/C14H27N3O/c1-3-5-10-17-11-9-16-14(17)15-8-7-13-18-12-6-4-2/h9,11H,3-8,10,12-13H2,1-2H3,(H,15,16). The summed E-state index contributed by atoms with van der Waals surface area (Å²) in [6.45, 7) is 8.09. The summed E-state index contributed by atoms with van der Waals surface area (Å²) in [7, 11) is 0. The Morgan fingerprint density at radius 2 is 1.94 bits per heavy atom. The van der Waals surface area contributed by atoms with Crippen molar-refractivity contribution < 1.29 is 4.74 Å². The van der Waals surface area contributed by atoms with E-state index in [0.717, 1.165) is 45.1 Å². The zero-order chi connectivity index (χ0) is 13.1. The summed E-state index contributed by atoms with van der Waals surface area (Å²) in [6.07, 6.45) is 9.70. The van der Waals surface area contributed by atoms with Gasteiger partial charge in [-0.25, -0.2) is 4.98 Å². The zero-order valence-electron chi connectivity index (χ0n) is 11.8. The zero-order valence-corrected chi connectivity index (χ0v) is 11.8. The van der Waals surface area contributed by atoms with Crippen LogP contribution in [0.25, 0.3) is 0 Å². The van der Waals surface area contributed by atoms with Crippen molar-refractivity contribution in [3.8, 4) is 0 Å². The van der Waals surface area contributed by atoms with Crippen LogP contribution in [0.3, 0.4) is 0 Å². The number of hydrogen-bond donors (Lipinski definition) is 1. The maximum Gasteiger partial charge on any atom is 0.202 e. The van der Waals surface area contributed by atoms with Crippen LogP contribution in [0.5, 0.6) is 0 Å². The van der Waals surface area contributed by atoms with Gasteiger partial charge < -0.3 is 14.6 Å². The van der Waals surface area contributed by atoms with Gasteiger partial charge in [0.05, 0.1) is 0 Å². The normalized spacial score (nSPS) is 10.8. The molecule has 0 aliphatic heterocycles. The van der Waals surface area contributed by atoms with Gasteiger partial charge in [0.25, 0.3) is 0 Å². The van der Waals surface area contributed by atoms with Crippen molar-refractivity contribution in [2.24, 2.45) is 0 Å². The van der Waals surface area contributed by atoms with Crippen molar-refractivity contribution in [2.75, 3.05) is 25.1 Å². The summed E-state index contributed by atoms with van der Waals surface area (Å²) in [5.41, 5.74) is 0. The van der Waals surface area contributed by atoms with Gasteiger partial charge in [0.2, 0.25) is 5.95 Å². The van der Waals surface area contributed by atoms with Crippen LogP contribution in [0.2, 0.25) is 0 Å². The molecule has 1 heterocycles. The SMILES string of the molecule is CCCCOCCCNc1nccn1CCCC. The van der Waals surface area contributed by atoms with Gasteiger partial charge in [0.1, 0.15) is 0 Å². The maximum absolute atomic E-state index is 5.52. The van der Waals surface area contributed by atoms with Gasteiger partial charge in [-0.15, -0.1) is 0 Å². The molecule has 0 amide bonds. The Labute approximate surface area is 111 Å². The minimum Gasteiger partial charge on any atom is -0.381 e. The van der Waals surface area contributed by atoms with Crippen LogP contribution in [0.4, 0.5) is 5.95 Å². The molecule has 18 heavy (non-hydrogen) atoms. The van der Waals surface area contributed by atoms with E-state index in [1.54, 1.807) is 0 Å². The molecule has 0 aromatic carbocycles. The second-order valence-electron chi connectivity index (χ2n) is 4.54. The van der Waals surface area contributed by atoms with E-state index >= 15 is 0 Å². The van der Waals surface area contributed by atoms with E-state index in [1.165, 1.54) is 19.3 Å². The van der Waals surface area contributed by atoms with Crippen LogP contribution in [0.1, 0.15) is 46.0 Å². The van der Waals surface area contributed by atoms with E-state index in [0.29, 0.717) is 0 Å². The minimum absolute atomic E-state index is 0.836. The molecular weight excluding hydrogens is 226 g/mol. The average Bonchev–Trinajstić information content (AvgIpc) is 2.83. The van der Waals surface area contributed by atoms with Gasteiger partial charge in [-0.3, -0.25) is 0 Å². The molecule has 0 saturated carbocycles. The van der Waals surface area contributed by atoms with E-state index in [2.05, 4.69) is 28.7 Å². The molecule has 104 valence electrons. The fourth-order valence-electron chi connectivity index (χ4n) is 1.71. The lowest BCUT2D eigenvalue weighted by Crippen LogP contribution is -2.11. The highest BCUT2D eigenvalue weighted by molar-refractivity contribution is 5.25. The lowest BCUT2D eigenvalue weighted by atomic mass is 10.3. The van der Waals surface area contributed by atoms with E-state index in [4.69, 9.17) is 4.74 Å². The summed E-state index contributed by atoms with van der Waals surface area (Å²) in [4.78, 5) is 4.33. The Hall–Kier alpha value is -1.03. The number of aromatic nitrogens is 2. The number of ether oxygens (including phenoxy) is 1. The predicted octanol–water partition coefficient (Wildman–Crippen LogP) is 3.30. The third-order valence-electron chi connectivity index (χ3n) is 2.86.